The van der Waals surface area contributed by atoms with E-state index in [0.717, 1.165) is 20.0 Å². The van der Waals surface area contributed by atoms with Gasteiger partial charge in [0.1, 0.15) is 10.8 Å². The number of carboxylic acid groups (broad SMARTS) is 1. The first-order chi connectivity index (χ1) is 12.5. The van der Waals surface area contributed by atoms with Crippen molar-refractivity contribution in [3.05, 3.63) is 64.2 Å². The number of rotatable bonds is 4. The molecule has 7 heteroatoms. The van der Waals surface area contributed by atoms with Crippen LogP contribution < -0.4 is 0 Å². The van der Waals surface area contributed by atoms with E-state index in [-0.39, 0.29) is 11.4 Å². The second-order valence-electron chi connectivity index (χ2n) is 5.64. The van der Waals surface area contributed by atoms with Gasteiger partial charge in [0.05, 0.1) is 22.0 Å². The Morgan fingerprint density at radius 1 is 1.15 bits per heavy atom. The van der Waals surface area contributed by atoms with Gasteiger partial charge in [0.25, 0.3) is 0 Å². The maximum absolute atomic E-state index is 13.9. The van der Waals surface area contributed by atoms with E-state index >= 15 is 0 Å². The molecule has 2 heterocycles. The predicted molar refractivity (Wildman–Crippen MR) is 105 cm³/mol. The van der Waals surface area contributed by atoms with Crippen LogP contribution in [0.4, 0.5) is 4.39 Å². The zero-order chi connectivity index (χ0) is 18.3. The number of carbonyl (C=O) groups is 1. The first kappa shape index (κ1) is 17.1. The summed E-state index contributed by atoms with van der Waals surface area (Å²) in [4.78, 5) is 17.4. The third kappa shape index (κ3) is 3.23. The Bertz CT molecular complexity index is 1100. The SMILES string of the molecule is O=C(O)Cc1sc(-c2cc3ccccc3s2)nc1-c1ccc(Cl)c(F)c1. The first-order valence-electron chi connectivity index (χ1n) is 7.67. The quantitative estimate of drug-likeness (QED) is 0.447. The maximum Gasteiger partial charge on any atom is 0.308 e. The maximum atomic E-state index is 13.9. The number of nitrogens with zero attached hydrogens (tertiary/aromatic N) is 1. The molecule has 0 saturated carbocycles. The third-order valence-electron chi connectivity index (χ3n) is 3.84. The van der Waals surface area contributed by atoms with Crippen molar-refractivity contribution in [3.63, 3.8) is 0 Å². The number of aromatic nitrogens is 1. The zero-order valence-corrected chi connectivity index (χ0v) is 15.6. The molecule has 0 spiro atoms. The van der Waals surface area contributed by atoms with Gasteiger partial charge >= 0.3 is 5.97 Å². The molecular formula is C19H11ClFNO2S2. The molecule has 2 aromatic heterocycles. The van der Waals surface area contributed by atoms with Crippen LogP contribution in [-0.2, 0) is 11.2 Å². The van der Waals surface area contributed by atoms with Gasteiger partial charge in [0.15, 0.2) is 0 Å². The summed E-state index contributed by atoms with van der Waals surface area (Å²) >= 11 is 8.67. The van der Waals surface area contributed by atoms with Crippen molar-refractivity contribution in [2.24, 2.45) is 0 Å². The van der Waals surface area contributed by atoms with Gasteiger partial charge in [-0.05, 0) is 29.7 Å². The molecule has 4 rings (SSSR count). The Labute approximate surface area is 161 Å². The number of hydrogen-bond donors (Lipinski definition) is 1. The number of thiazole rings is 1. The summed E-state index contributed by atoms with van der Waals surface area (Å²) in [6, 6.07) is 14.4. The van der Waals surface area contributed by atoms with Crippen molar-refractivity contribution < 1.29 is 14.3 Å². The van der Waals surface area contributed by atoms with Crippen LogP contribution in [0.25, 0.3) is 31.2 Å². The molecule has 0 aliphatic rings. The van der Waals surface area contributed by atoms with Gasteiger partial charge < -0.3 is 5.11 Å². The fourth-order valence-electron chi connectivity index (χ4n) is 2.67. The molecule has 0 aliphatic carbocycles. The highest BCUT2D eigenvalue weighted by Crippen LogP contribution is 2.39. The summed E-state index contributed by atoms with van der Waals surface area (Å²) in [7, 11) is 0. The molecule has 0 bridgehead atoms. The lowest BCUT2D eigenvalue weighted by atomic mass is 10.1. The van der Waals surface area contributed by atoms with Crippen LogP contribution in [0.2, 0.25) is 5.02 Å². The van der Waals surface area contributed by atoms with Gasteiger partial charge in [-0.3, -0.25) is 4.79 Å². The number of halogens is 2. The minimum absolute atomic E-state index is 0.0218. The fourth-order valence-corrected chi connectivity index (χ4v) is 4.97. The number of fused-ring (bicyclic) bond motifs is 1. The molecule has 0 unspecified atom stereocenters. The fraction of sp³-hybridized carbons (Fsp3) is 0.0526. The van der Waals surface area contributed by atoms with E-state index in [9.17, 15) is 14.3 Å². The molecule has 1 N–H and O–H groups in total. The van der Waals surface area contributed by atoms with Crippen LogP contribution in [0.1, 0.15) is 4.88 Å². The molecule has 4 aromatic rings. The molecular weight excluding hydrogens is 393 g/mol. The second-order valence-corrected chi connectivity index (χ2v) is 8.21. The molecule has 0 fully saturated rings. The molecule has 0 atom stereocenters. The van der Waals surface area contributed by atoms with Gasteiger partial charge in [-0.2, -0.15) is 0 Å². The topological polar surface area (TPSA) is 50.2 Å². The van der Waals surface area contributed by atoms with Gasteiger partial charge in [0.2, 0.25) is 0 Å². The van der Waals surface area contributed by atoms with Gasteiger partial charge in [-0.15, -0.1) is 22.7 Å². The third-order valence-corrected chi connectivity index (χ3v) is 6.49. The highest BCUT2D eigenvalue weighted by atomic mass is 35.5. The molecule has 2 aromatic carbocycles. The van der Waals surface area contributed by atoms with E-state index in [1.165, 1.54) is 23.5 Å². The van der Waals surface area contributed by atoms with E-state index in [0.29, 0.717) is 16.1 Å². The van der Waals surface area contributed by atoms with Gasteiger partial charge in [-0.1, -0.05) is 35.9 Å². The average molecular weight is 404 g/mol. The van der Waals surface area contributed by atoms with E-state index in [2.05, 4.69) is 4.98 Å². The van der Waals surface area contributed by atoms with E-state index < -0.39 is 11.8 Å². The second kappa shape index (κ2) is 6.79. The summed E-state index contributed by atoms with van der Waals surface area (Å²) < 4.78 is 15.0. The minimum atomic E-state index is -0.952. The summed E-state index contributed by atoms with van der Waals surface area (Å²) in [5.41, 5.74) is 1.01. The molecule has 0 saturated heterocycles. The lowest BCUT2D eigenvalue weighted by molar-refractivity contribution is -0.136. The largest absolute Gasteiger partial charge is 0.481 e. The minimum Gasteiger partial charge on any atom is -0.481 e. The number of benzene rings is 2. The molecule has 130 valence electrons. The van der Waals surface area contributed by atoms with Crippen LogP contribution >= 0.6 is 34.3 Å². The Kier molecular flexibility index (Phi) is 4.48. The average Bonchev–Trinajstić information content (AvgIpc) is 3.20. The van der Waals surface area contributed by atoms with Crippen LogP contribution in [-0.4, -0.2) is 16.1 Å². The number of hydrogen-bond acceptors (Lipinski definition) is 4. The van der Waals surface area contributed by atoms with E-state index in [4.69, 9.17) is 11.6 Å². The van der Waals surface area contributed by atoms with Crippen LogP contribution in [0.3, 0.4) is 0 Å². The first-order valence-corrected chi connectivity index (χ1v) is 9.68. The van der Waals surface area contributed by atoms with Crippen LogP contribution in [0.15, 0.2) is 48.5 Å². The summed E-state index contributed by atoms with van der Waals surface area (Å²) in [5.74, 6) is -1.51. The number of carboxylic acids is 1. The zero-order valence-electron chi connectivity index (χ0n) is 13.2. The Morgan fingerprint density at radius 3 is 2.69 bits per heavy atom. The van der Waals surface area contributed by atoms with Crippen LogP contribution in [0.5, 0.6) is 0 Å². The highest BCUT2D eigenvalue weighted by Gasteiger charge is 2.19. The standard InChI is InChI=1S/C19H11ClFNO2S2/c20-12-6-5-11(7-13(12)21)18-15(9-17(23)24)26-19(22-18)16-8-10-3-1-2-4-14(10)25-16/h1-8H,9H2,(H,23,24). The molecule has 0 amide bonds. The Balaban J connectivity index is 1.85. The predicted octanol–water partition coefficient (Wildman–Crippen LogP) is 6.11. The number of aliphatic carboxylic acids is 1. The lowest BCUT2D eigenvalue weighted by Crippen LogP contribution is -1.99. The van der Waals surface area contributed by atoms with Crippen molar-refractivity contribution in [2.45, 2.75) is 6.42 Å². The van der Waals surface area contributed by atoms with Crippen molar-refractivity contribution in [3.8, 4) is 21.1 Å². The molecule has 3 nitrogen and oxygen atoms in total. The summed E-state index contributed by atoms with van der Waals surface area (Å²) in [6.07, 6.45) is -0.165. The molecule has 0 aliphatic heterocycles. The van der Waals surface area contributed by atoms with Crippen molar-refractivity contribution in [2.75, 3.05) is 0 Å². The Morgan fingerprint density at radius 2 is 1.96 bits per heavy atom. The monoisotopic (exact) mass is 403 g/mol. The summed E-state index contributed by atoms with van der Waals surface area (Å²) in [5, 5.41) is 11.1. The van der Waals surface area contributed by atoms with Crippen molar-refractivity contribution in [1.29, 1.82) is 0 Å². The number of thiophene rings is 1. The van der Waals surface area contributed by atoms with Crippen molar-refractivity contribution in [1.82, 2.24) is 4.98 Å². The molecule has 0 radical (unpaired) electrons. The smallest absolute Gasteiger partial charge is 0.308 e. The highest BCUT2D eigenvalue weighted by molar-refractivity contribution is 7.26. The van der Waals surface area contributed by atoms with Gasteiger partial charge in [0, 0.05) is 15.1 Å². The molecule has 26 heavy (non-hydrogen) atoms. The Hall–Kier alpha value is -2.28. The summed E-state index contributed by atoms with van der Waals surface area (Å²) in [6.45, 7) is 0. The van der Waals surface area contributed by atoms with Crippen molar-refractivity contribution >= 4 is 50.3 Å². The van der Waals surface area contributed by atoms with E-state index in [1.807, 2.05) is 30.3 Å². The van der Waals surface area contributed by atoms with Gasteiger partial charge in [-0.25, -0.2) is 9.37 Å². The van der Waals surface area contributed by atoms with Crippen LogP contribution in [0, 0.1) is 5.82 Å². The normalized spacial score (nSPS) is 11.2. The lowest BCUT2D eigenvalue weighted by Gasteiger charge is -2.02. The van der Waals surface area contributed by atoms with E-state index in [1.54, 1.807) is 17.4 Å².